The molecule has 4 heteroatoms. The second-order valence-corrected chi connectivity index (χ2v) is 7.86. The maximum atomic E-state index is 13.5. The zero-order valence-electron chi connectivity index (χ0n) is 13.7. The molecule has 3 aromatic carbocycles. The number of hydrogen-bond acceptors (Lipinski definition) is 2. The fourth-order valence-electron chi connectivity index (χ4n) is 4.15. The number of carbonyl (C=O) groups excluding carboxylic acids is 2. The number of benzene rings is 3. The summed E-state index contributed by atoms with van der Waals surface area (Å²) < 4.78 is 1.07. The van der Waals surface area contributed by atoms with E-state index in [4.69, 9.17) is 0 Å². The van der Waals surface area contributed by atoms with E-state index in [1.54, 1.807) is 0 Å². The lowest BCUT2D eigenvalue weighted by Crippen LogP contribution is -2.38. The Hall–Kier alpha value is -2.47. The van der Waals surface area contributed by atoms with Gasteiger partial charge in [0.05, 0.1) is 17.5 Å². The summed E-state index contributed by atoms with van der Waals surface area (Å²) >= 11 is 2.22. The quantitative estimate of drug-likeness (QED) is 0.405. The van der Waals surface area contributed by atoms with Crippen LogP contribution in [-0.2, 0) is 9.59 Å². The van der Waals surface area contributed by atoms with E-state index in [9.17, 15) is 9.59 Å². The molecule has 2 amide bonds. The van der Waals surface area contributed by atoms with Crippen molar-refractivity contribution in [2.75, 3.05) is 4.90 Å². The van der Waals surface area contributed by atoms with E-state index in [0.717, 1.165) is 25.8 Å². The van der Waals surface area contributed by atoms with Crippen LogP contribution in [0.4, 0.5) is 5.69 Å². The van der Waals surface area contributed by atoms with Gasteiger partial charge in [-0.05, 0) is 69.1 Å². The minimum atomic E-state index is -0.440. The molecule has 3 aromatic rings. The SMILES string of the molecule is O=C1C2c3ccccc3C(C(=O)N1c1ccc(I)cc1)c1ccccc12. The van der Waals surface area contributed by atoms with Crippen LogP contribution in [0.1, 0.15) is 34.1 Å². The first-order valence-electron chi connectivity index (χ1n) is 8.48. The first-order valence-corrected chi connectivity index (χ1v) is 9.55. The summed E-state index contributed by atoms with van der Waals surface area (Å²) in [5, 5.41) is 0. The van der Waals surface area contributed by atoms with Crippen molar-refractivity contribution in [3.05, 3.63) is 98.6 Å². The van der Waals surface area contributed by atoms with Gasteiger partial charge in [-0.15, -0.1) is 0 Å². The van der Waals surface area contributed by atoms with E-state index >= 15 is 0 Å². The molecule has 0 spiro atoms. The van der Waals surface area contributed by atoms with Crippen molar-refractivity contribution in [2.45, 2.75) is 11.8 Å². The smallest absolute Gasteiger partial charge is 0.245 e. The van der Waals surface area contributed by atoms with Crippen LogP contribution in [0.2, 0.25) is 0 Å². The lowest BCUT2D eigenvalue weighted by molar-refractivity contribution is -0.126. The lowest BCUT2D eigenvalue weighted by Gasteiger charge is -2.27. The van der Waals surface area contributed by atoms with E-state index in [0.29, 0.717) is 5.69 Å². The number of nitrogens with zero attached hydrogens (tertiary/aromatic N) is 1. The number of amides is 2. The molecule has 3 aliphatic rings. The normalized spacial score (nSPS) is 20.6. The molecule has 0 radical (unpaired) electrons. The third kappa shape index (κ3) is 2.11. The van der Waals surface area contributed by atoms with Crippen LogP contribution < -0.4 is 4.90 Å². The van der Waals surface area contributed by atoms with Crippen LogP contribution >= 0.6 is 22.6 Å². The molecule has 26 heavy (non-hydrogen) atoms. The molecule has 0 aromatic heterocycles. The Labute approximate surface area is 164 Å². The number of halogens is 1. The molecule has 126 valence electrons. The van der Waals surface area contributed by atoms with Gasteiger partial charge in [-0.2, -0.15) is 0 Å². The molecule has 6 rings (SSSR count). The number of imide groups is 1. The molecule has 0 N–H and O–H groups in total. The molecular weight excluding hydrogens is 437 g/mol. The molecular formula is C22H14INO2. The van der Waals surface area contributed by atoms with E-state index in [1.807, 2.05) is 72.8 Å². The van der Waals surface area contributed by atoms with E-state index in [2.05, 4.69) is 22.6 Å². The Morgan fingerprint density at radius 1 is 0.615 bits per heavy atom. The topological polar surface area (TPSA) is 37.4 Å². The maximum absolute atomic E-state index is 13.5. The highest BCUT2D eigenvalue weighted by Gasteiger charge is 2.48. The van der Waals surface area contributed by atoms with Gasteiger partial charge in [-0.25, -0.2) is 4.90 Å². The largest absolute Gasteiger partial charge is 0.273 e. The summed E-state index contributed by atoms with van der Waals surface area (Å²) in [4.78, 5) is 28.4. The Bertz CT molecular complexity index is 948. The Kier molecular flexibility index (Phi) is 3.50. The molecule has 0 fully saturated rings. The van der Waals surface area contributed by atoms with Crippen molar-refractivity contribution < 1.29 is 9.59 Å². The van der Waals surface area contributed by atoms with Gasteiger partial charge in [-0.3, -0.25) is 9.59 Å². The van der Waals surface area contributed by atoms with Crippen molar-refractivity contribution in [3.8, 4) is 0 Å². The Morgan fingerprint density at radius 3 is 1.38 bits per heavy atom. The van der Waals surface area contributed by atoms with Crippen molar-refractivity contribution >= 4 is 40.1 Å². The average molecular weight is 451 g/mol. The average Bonchev–Trinajstić information content (AvgIpc) is 2.82. The molecule has 0 atom stereocenters. The highest BCUT2D eigenvalue weighted by Crippen LogP contribution is 2.48. The Balaban J connectivity index is 1.79. The van der Waals surface area contributed by atoms with E-state index in [-0.39, 0.29) is 11.8 Å². The van der Waals surface area contributed by atoms with Gasteiger partial charge < -0.3 is 0 Å². The first kappa shape index (κ1) is 15.8. The minimum Gasteiger partial charge on any atom is -0.273 e. The number of rotatable bonds is 1. The summed E-state index contributed by atoms with van der Waals surface area (Å²) in [5.41, 5.74) is 4.42. The highest BCUT2D eigenvalue weighted by atomic mass is 127. The second-order valence-electron chi connectivity index (χ2n) is 6.61. The number of hydrogen-bond donors (Lipinski definition) is 0. The maximum Gasteiger partial charge on any atom is 0.245 e. The van der Waals surface area contributed by atoms with E-state index in [1.165, 1.54) is 4.90 Å². The fraction of sp³-hybridized carbons (Fsp3) is 0.0909. The molecule has 0 saturated carbocycles. The van der Waals surface area contributed by atoms with Gasteiger partial charge in [0.25, 0.3) is 0 Å². The zero-order chi connectivity index (χ0) is 17.8. The molecule has 2 heterocycles. The van der Waals surface area contributed by atoms with Crippen LogP contribution in [0.5, 0.6) is 0 Å². The molecule has 3 nitrogen and oxygen atoms in total. The Morgan fingerprint density at radius 2 is 1.00 bits per heavy atom. The predicted molar refractivity (Wildman–Crippen MR) is 108 cm³/mol. The van der Waals surface area contributed by atoms with Crippen LogP contribution in [0.25, 0.3) is 0 Å². The first-order chi connectivity index (χ1) is 12.7. The molecule has 0 unspecified atom stereocenters. The number of fused-ring (bicyclic) bond motifs is 2. The van der Waals surface area contributed by atoms with Gasteiger partial charge >= 0.3 is 0 Å². The van der Waals surface area contributed by atoms with Gasteiger partial charge in [-0.1, -0.05) is 48.5 Å². The number of anilines is 1. The van der Waals surface area contributed by atoms with E-state index < -0.39 is 11.8 Å². The highest BCUT2D eigenvalue weighted by molar-refractivity contribution is 14.1. The standard InChI is InChI=1S/C22H14INO2/c23-13-9-11-14(12-10-13)24-21(25)19-15-5-1-2-6-16(15)20(22(24)26)18-8-4-3-7-17(18)19/h1-12,19-20H. The lowest BCUT2D eigenvalue weighted by atomic mass is 9.73. The summed E-state index contributed by atoms with van der Waals surface area (Å²) in [5.74, 6) is -1.22. The summed E-state index contributed by atoms with van der Waals surface area (Å²) in [6, 6.07) is 23.2. The second kappa shape index (κ2) is 5.77. The molecule has 0 saturated heterocycles. The van der Waals surface area contributed by atoms with Crippen molar-refractivity contribution in [1.29, 1.82) is 0 Å². The molecule has 1 aliphatic carbocycles. The summed E-state index contributed by atoms with van der Waals surface area (Å²) in [6.45, 7) is 0. The van der Waals surface area contributed by atoms with Crippen LogP contribution in [0.3, 0.4) is 0 Å². The predicted octanol–water partition coefficient (Wildman–Crippen LogP) is 4.44. The van der Waals surface area contributed by atoms with Crippen LogP contribution in [-0.4, -0.2) is 11.8 Å². The monoisotopic (exact) mass is 451 g/mol. The van der Waals surface area contributed by atoms with Gasteiger partial charge in [0.15, 0.2) is 0 Å². The van der Waals surface area contributed by atoms with Gasteiger partial charge in [0.1, 0.15) is 0 Å². The minimum absolute atomic E-state index is 0.170. The fourth-order valence-corrected chi connectivity index (χ4v) is 4.51. The summed E-state index contributed by atoms with van der Waals surface area (Å²) in [6.07, 6.45) is 0. The zero-order valence-corrected chi connectivity index (χ0v) is 15.9. The van der Waals surface area contributed by atoms with Gasteiger partial charge in [0, 0.05) is 3.57 Å². The van der Waals surface area contributed by atoms with Crippen LogP contribution in [0.15, 0.2) is 72.8 Å². The molecule has 2 aliphatic heterocycles. The number of carbonyl (C=O) groups is 2. The third-order valence-corrected chi connectivity index (χ3v) is 5.97. The van der Waals surface area contributed by atoms with Crippen molar-refractivity contribution in [3.63, 3.8) is 0 Å². The van der Waals surface area contributed by atoms with Crippen LogP contribution in [0, 0.1) is 3.57 Å². The van der Waals surface area contributed by atoms with Crippen molar-refractivity contribution in [2.24, 2.45) is 0 Å². The van der Waals surface area contributed by atoms with Crippen molar-refractivity contribution in [1.82, 2.24) is 0 Å². The molecule has 2 bridgehead atoms. The third-order valence-electron chi connectivity index (χ3n) is 5.26. The van der Waals surface area contributed by atoms with Gasteiger partial charge in [0.2, 0.25) is 11.8 Å². The summed E-state index contributed by atoms with van der Waals surface area (Å²) in [7, 11) is 0.